The van der Waals surface area contributed by atoms with Crippen molar-refractivity contribution in [3.8, 4) is 5.69 Å². The molecule has 0 fully saturated rings. The molecule has 1 N–H and O–H groups in total. The van der Waals surface area contributed by atoms with E-state index in [4.69, 9.17) is 11.6 Å². The normalized spacial score (nSPS) is 10.7. The Morgan fingerprint density at radius 2 is 1.48 bits per heavy atom. The average Bonchev–Trinajstić information content (AvgIpc) is 2.71. The third-order valence-electron chi connectivity index (χ3n) is 4.14. The number of aromatic nitrogens is 2. The molecule has 0 atom stereocenters. The minimum Gasteiger partial charge on any atom is -0.305 e. The fourth-order valence-electron chi connectivity index (χ4n) is 2.81. The number of nitrogens with one attached hydrogen (secondary N) is 1. The predicted molar refractivity (Wildman–Crippen MR) is 107 cm³/mol. The number of para-hydroxylation sites is 1. The van der Waals surface area contributed by atoms with Crippen molar-refractivity contribution in [2.45, 2.75) is 0 Å². The van der Waals surface area contributed by atoms with E-state index in [1.165, 1.54) is 4.68 Å². The van der Waals surface area contributed by atoms with Crippen LogP contribution in [0.3, 0.4) is 0 Å². The maximum Gasteiger partial charge on any atom is 0.279 e. The molecule has 0 unspecified atom stereocenters. The van der Waals surface area contributed by atoms with Gasteiger partial charge in [-0.3, -0.25) is 9.59 Å². The van der Waals surface area contributed by atoms with Gasteiger partial charge in [0.25, 0.3) is 11.5 Å². The number of hydrogen-bond donors (Lipinski definition) is 1. The Morgan fingerprint density at radius 3 is 2.19 bits per heavy atom. The fourth-order valence-corrected chi connectivity index (χ4v) is 2.93. The summed E-state index contributed by atoms with van der Waals surface area (Å²) >= 11 is 5.88. The van der Waals surface area contributed by atoms with Crippen molar-refractivity contribution in [3.05, 3.63) is 99.8 Å². The molecule has 0 spiro atoms. The summed E-state index contributed by atoms with van der Waals surface area (Å²) in [6.07, 6.45) is 0. The van der Waals surface area contributed by atoms with Gasteiger partial charge in [-0.2, -0.15) is 4.68 Å². The molecule has 4 aromatic rings. The zero-order chi connectivity index (χ0) is 18.8. The van der Waals surface area contributed by atoms with E-state index in [9.17, 15) is 9.59 Å². The SMILES string of the molecule is O=C(Nc1nn(-c2ccccc2)c(=O)c2ccccc12)c1ccc(Cl)cc1. The van der Waals surface area contributed by atoms with Crippen LogP contribution in [0.1, 0.15) is 10.4 Å². The van der Waals surface area contributed by atoms with Gasteiger partial charge in [-0.1, -0.05) is 48.0 Å². The zero-order valence-electron chi connectivity index (χ0n) is 14.1. The van der Waals surface area contributed by atoms with Gasteiger partial charge >= 0.3 is 0 Å². The van der Waals surface area contributed by atoms with Crippen LogP contribution in [0.2, 0.25) is 5.02 Å². The number of benzene rings is 3. The first-order valence-corrected chi connectivity index (χ1v) is 8.66. The molecule has 0 saturated heterocycles. The summed E-state index contributed by atoms with van der Waals surface area (Å²) in [4.78, 5) is 25.5. The highest BCUT2D eigenvalue weighted by Crippen LogP contribution is 2.20. The number of amides is 1. The highest BCUT2D eigenvalue weighted by Gasteiger charge is 2.14. The molecule has 6 heteroatoms. The van der Waals surface area contributed by atoms with Gasteiger partial charge in [0.15, 0.2) is 5.82 Å². The summed E-state index contributed by atoms with van der Waals surface area (Å²) in [7, 11) is 0. The van der Waals surface area contributed by atoms with Gasteiger partial charge in [-0.15, -0.1) is 5.10 Å². The van der Waals surface area contributed by atoms with Crippen LogP contribution < -0.4 is 10.9 Å². The smallest absolute Gasteiger partial charge is 0.279 e. The lowest BCUT2D eigenvalue weighted by molar-refractivity contribution is 0.102. The van der Waals surface area contributed by atoms with Crippen LogP contribution in [0.15, 0.2) is 83.7 Å². The van der Waals surface area contributed by atoms with E-state index in [-0.39, 0.29) is 11.5 Å². The Labute approximate surface area is 159 Å². The summed E-state index contributed by atoms with van der Waals surface area (Å²) in [6, 6.07) is 22.7. The van der Waals surface area contributed by atoms with E-state index in [2.05, 4.69) is 10.4 Å². The van der Waals surface area contributed by atoms with E-state index < -0.39 is 0 Å². The van der Waals surface area contributed by atoms with Crippen LogP contribution in [0.4, 0.5) is 5.82 Å². The van der Waals surface area contributed by atoms with Crippen LogP contribution in [-0.2, 0) is 0 Å². The van der Waals surface area contributed by atoms with Crippen molar-refractivity contribution in [3.63, 3.8) is 0 Å². The van der Waals surface area contributed by atoms with Gasteiger partial charge < -0.3 is 5.32 Å². The van der Waals surface area contributed by atoms with Crippen molar-refractivity contribution in [2.75, 3.05) is 5.32 Å². The Bertz CT molecular complexity index is 1190. The lowest BCUT2D eigenvalue weighted by Crippen LogP contribution is -2.24. The average molecular weight is 376 g/mol. The molecule has 0 radical (unpaired) electrons. The second-order valence-electron chi connectivity index (χ2n) is 5.91. The van der Waals surface area contributed by atoms with Gasteiger partial charge in [0.1, 0.15) is 0 Å². The summed E-state index contributed by atoms with van der Waals surface area (Å²) in [6.45, 7) is 0. The standard InChI is InChI=1S/C21H14ClN3O2/c22-15-12-10-14(11-13-15)20(26)23-19-17-8-4-5-9-18(17)21(27)25(24-19)16-6-2-1-3-7-16/h1-13H,(H,23,24,26). The van der Waals surface area contributed by atoms with Crippen molar-refractivity contribution >= 4 is 34.1 Å². The largest absolute Gasteiger partial charge is 0.305 e. The molecule has 5 nitrogen and oxygen atoms in total. The first kappa shape index (κ1) is 17.0. The van der Waals surface area contributed by atoms with E-state index in [1.54, 1.807) is 60.7 Å². The first-order valence-electron chi connectivity index (χ1n) is 8.28. The zero-order valence-corrected chi connectivity index (χ0v) is 14.9. The predicted octanol–water partition coefficient (Wildman–Crippen LogP) is 4.29. The van der Waals surface area contributed by atoms with Gasteiger partial charge in [0, 0.05) is 16.0 Å². The maximum absolute atomic E-state index is 12.8. The molecule has 0 aliphatic rings. The van der Waals surface area contributed by atoms with Crippen molar-refractivity contribution in [2.24, 2.45) is 0 Å². The molecular formula is C21H14ClN3O2. The minimum absolute atomic E-state index is 0.249. The lowest BCUT2D eigenvalue weighted by atomic mass is 10.1. The van der Waals surface area contributed by atoms with Crippen LogP contribution in [0.5, 0.6) is 0 Å². The van der Waals surface area contributed by atoms with Crippen molar-refractivity contribution in [1.29, 1.82) is 0 Å². The molecule has 0 aliphatic heterocycles. The van der Waals surface area contributed by atoms with Gasteiger partial charge in [-0.25, -0.2) is 0 Å². The van der Waals surface area contributed by atoms with Crippen LogP contribution in [-0.4, -0.2) is 15.7 Å². The number of halogens is 1. The second-order valence-corrected chi connectivity index (χ2v) is 6.34. The topological polar surface area (TPSA) is 64.0 Å². The second kappa shape index (κ2) is 7.05. The summed E-state index contributed by atoms with van der Waals surface area (Å²) < 4.78 is 1.29. The Kier molecular flexibility index (Phi) is 4.44. The number of hydrogen-bond acceptors (Lipinski definition) is 3. The number of carbonyl (C=O) groups excluding carboxylic acids is 1. The molecule has 1 amide bonds. The van der Waals surface area contributed by atoms with Crippen LogP contribution in [0, 0.1) is 0 Å². The Morgan fingerprint density at radius 1 is 0.852 bits per heavy atom. The third-order valence-corrected chi connectivity index (χ3v) is 4.40. The number of nitrogens with zero attached hydrogens (tertiary/aromatic N) is 2. The van der Waals surface area contributed by atoms with Gasteiger partial charge in [-0.05, 0) is 42.5 Å². The van der Waals surface area contributed by atoms with Crippen molar-refractivity contribution < 1.29 is 4.79 Å². The highest BCUT2D eigenvalue weighted by molar-refractivity contribution is 6.30. The molecule has 4 rings (SSSR count). The molecule has 3 aromatic carbocycles. The number of anilines is 1. The van der Waals surface area contributed by atoms with E-state index >= 15 is 0 Å². The van der Waals surface area contributed by atoms with Gasteiger partial charge in [0.05, 0.1) is 11.1 Å². The number of rotatable bonds is 3. The van der Waals surface area contributed by atoms with E-state index in [0.29, 0.717) is 32.9 Å². The third kappa shape index (κ3) is 3.32. The number of fused-ring (bicyclic) bond motifs is 1. The molecule has 0 saturated carbocycles. The van der Waals surface area contributed by atoms with E-state index in [0.717, 1.165) is 0 Å². The van der Waals surface area contributed by atoms with Crippen LogP contribution in [0.25, 0.3) is 16.5 Å². The monoisotopic (exact) mass is 375 g/mol. The van der Waals surface area contributed by atoms with Crippen molar-refractivity contribution in [1.82, 2.24) is 9.78 Å². The summed E-state index contributed by atoms with van der Waals surface area (Å²) in [5.74, 6) is -0.0171. The first-order chi connectivity index (χ1) is 13.1. The maximum atomic E-state index is 12.8. The molecule has 0 bridgehead atoms. The fraction of sp³-hybridized carbons (Fsp3) is 0. The number of carbonyl (C=O) groups is 1. The molecular weight excluding hydrogens is 362 g/mol. The highest BCUT2D eigenvalue weighted by atomic mass is 35.5. The summed E-state index contributed by atoms with van der Waals surface area (Å²) in [5.41, 5.74) is 0.819. The molecule has 0 aliphatic carbocycles. The minimum atomic E-state index is -0.331. The molecule has 27 heavy (non-hydrogen) atoms. The molecule has 1 heterocycles. The lowest BCUT2D eigenvalue weighted by Gasteiger charge is -2.12. The summed E-state index contributed by atoms with van der Waals surface area (Å²) in [5, 5.41) is 8.81. The molecule has 132 valence electrons. The quantitative estimate of drug-likeness (QED) is 0.581. The molecule has 1 aromatic heterocycles. The van der Waals surface area contributed by atoms with Gasteiger partial charge in [0.2, 0.25) is 0 Å². The Hall–Kier alpha value is -3.44. The van der Waals surface area contributed by atoms with E-state index in [1.807, 2.05) is 18.2 Å². The Balaban J connectivity index is 1.84. The van der Waals surface area contributed by atoms with Crippen LogP contribution >= 0.6 is 11.6 Å².